The van der Waals surface area contributed by atoms with Gasteiger partial charge in [-0.2, -0.15) is 0 Å². The summed E-state index contributed by atoms with van der Waals surface area (Å²) in [6.45, 7) is 4.79. The Morgan fingerprint density at radius 1 is 1.08 bits per heavy atom. The van der Waals surface area contributed by atoms with Crippen LogP contribution >= 0.6 is 12.4 Å². The van der Waals surface area contributed by atoms with Crippen molar-refractivity contribution >= 4 is 12.4 Å². The van der Waals surface area contributed by atoms with Crippen LogP contribution in [0.25, 0.3) is 5.69 Å². The zero-order valence-corrected chi connectivity index (χ0v) is 14.9. The molecule has 1 N–H and O–H groups in total. The molecule has 4 rings (SSSR count). The van der Waals surface area contributed by atoms with Gasteiger partial charge < -0.3 is 9.88 Å². The molecule has 5 heteroatoms. The molecule has 1 aromatic heterocycles. The van der Waals surface area contributed by atoms with Crippen molar-refractivity contribution in [3.8, 4) is 5.69 Å². The van der Waals surface area contributed by atoms with Gasteiger partial charge in [-0.15, -0.1) is 12.4 Å². The second-order valence-corrected chi connectivity index (χ2v) is 6.95. The third kappa shape index (κ3) is 4.00. The maximum absolute atomic E-state index is 4.10. The van der Waals surface area contributed by atoms with E-state index in [1.165, 1.54) is 56.6 Å². The van der Waals surface area contributed by atoms with E-state index in [-0.39, 0.29) is 12.4 Å². The minimum Gasteiger partial charge on any atom is -0.314 e. The number of nitrogens with one attached hydrogen (secondary N) is 1. The molecular weight excluding hydrogens is 320 g/mol. The highest BCUT2D eigenvalue weighted by atomic mass is 35.5. The van der Waals surface area contributed by atoms with Crippen LogP contribution in [-0.4, -0.2) is 40.1 Å². The van der Waals surface area contributed by atoms with Gasteiger partial charge in [0.1, 0.15) is 0 Å². The van der Waals surface area contributed by atoms with E-state index >= 15 is 0 Å². The van der Waals surface area contributed by atoms with E-state index in [0.717, 1.165) is 18.5 Å². The first-order valence-electron chi connectivity index (χ1n) is 8.91. The number of piperidine rings is 1. The third-order valence-corrected chi connectivity index (χ3v) is 5.44. The number of likely N-dealkylation sites (tertiary alicyclic amines) is 1. The summed E-state index contributed by atoms with van der Waals surface area (Å²) in [5.74, 6) is 0.900. The molecule has 0 spiro atoms. The number of benzene rings is 1. The average molecular weight is 347 g/mol. The Balaban J connectivity index is 0.00000169. The fourth-order valence-corrected chi connectivity index (χ4v) is 4.07. The molecule has 1 unspecified atom stereocenters. The lowest BCUT2D eigenvalue weighted by Crippen LogP contribution is -2.40. The predicted octanol–water partition coefficient (Wildman–Crippen LogP) is 3.26. The molecule has 2 fully saturated rings. The van der Waals surface area contributed by atoms with Gasteiger partial charge in [-0.1, -0.05) is 12.1 Å². The van der Waals surface area contributed by atoms with Crippen LogP contribution in [0.3, 0.4) is 0 Å². The van der Waals surface area contributed by atoms with E-state index < -0.39 is 0 Å². The normalized spacial score (nSPS) is 22.4. The quantitative estimate of drug-likeness (QED) is 0.922. The van der Waals surface area contributed by atoms with Crippen molar-refractivity contribution in [2.24, 2.45) is 5.92 Å². The fourth-order valence-electron chi connectivity index (χ4n) is 4.07. The highest BCUT2D eigenvalue weighted by Crippen LogP contribution is 2.26. The number of hydrogen-bond acceptors (Lipinski definition) is 3. The lowest BCUT2D eigenvalue weighted by Gasteiger charge is -2.35. The molecule has 1 atom stereocenters. The van der Waals surface area contributed by atoms with E-state index in [4.69, 9.17) is 0 Å². The van der Waals surface area contributed by atoms with Gasteiger partial charge in [-0.05, 0) is 68.9 Å². The average Bonchev–Trinajstić information content (AvgIpc) is 3.30. The second kappa shape index (κ2) is 8.15. The van der Waals surface area contributed by atoms with E-state index in [1.807, 2.05) is 23.3 Å². The highest BCUT2D eigenvalue weighted by molar-refractivity contribution is 5.85. The van der Waals surface area contributed by atoms with Crippen molar-refractivity contribution in [3.05, 3.63) is 48.5 Å². The zero-order valence-electron chi connectivity index (χ0n) is 14.1. The first-order valence-corrected chi connectivity index (χ1v) is 8.91. The van der Waals surface area contributed by atoms with Gasteiger partial charge in [-0.25, -0.2) is 4.98 Å². The number of nitrogens with zero attached hydrogens (tertiary/aromatic N) is 3. The summed E-state index contributed by atoms with van der Waals surface area (Å²) < 4.78 is 2.05. The molecule has 0 saturated carbocycles. The molecule has 0 amide bonds. The summed E-state index contributed by atoms with van der Waals surface area (Å²) in [5.41, 5.74) is 2.59. The molecule has 4 nitrogen and oxygen atoms in total. The molecule has 24 heavy (non-hydrogen) atoms. The van der Waals surface area contributed by atoms with Crippen LogP contribution in [0.1, 0.15) is 31.2 Å². The molecule has 130 valence electrons. The molecule has 3 heterocycles. The molecule has 2 saturated heterocycles. The minimum atomic E-state index is 0. The molecule has 0 bridgehead atoms. The van der Waals surface area contributed by atoms with Crippen molar-refractivity contribution in [2.45, 2.75) is 38.3 Å². The van der Waals surface area contributed by atoms with Gasteiger partial charge in [0, 0.05) is 30.7 Å². The molecular formula is C19H27ClN4. The van der Waals surface area contributed by atoms with Crippen LogP contribution in [-0.2, 0) is 6.54 Å². The van der Waals surface area contributed by atoms with Crippen molar-refractivity contribution in [1.29, 1.82) is 0 Å². The van der Waals surface area contributed by atoms with Crippen LogP contribution in [0.4, 0.5) is 0 Å². The summed E-state index contributed by atoms with van der Waals surface area (Å²) >= 11 is 0. The monoisotopic (exact) mass is 346 g/mol. The van der Waals surface area contributed by atoms with Crippen molar-refractivity contribution in [3.63, 3.8) is 0 Å². The number of rotatable bonds is 4. The first-order chi connectivity index (χ1) is 11.4. The standard InChI is InChI=1S/C19H26N4.ClH/c1-2-19(21-9-1)17-7-11-22(12-8-17)14-16-3-5-18(6-4-16)23-13-10-20-15-23;/h3-6,10,13,15,17,19,21H,1-2,7-9,11-12,14H2;1H. The Labute approximate surface area is 150 Å². The summed E-state index contributed by atoms with van der Waals surface area (Å²) in [6.07, 6.45) is 11.1. The smallest absolute Gasteiger partial charge is 0.0991 e. The van der Waals surface area contributed by atoms with E-state index in [0.29, 0.717) is 0 Å². The summed E-state index contributed by atoms with van der Waals surface area (Å²) in [7, 11) is 0. The highest BCUT2D eigenvalue weighted by Gasteiger charge is 2.28. The maximum Gasteiger partial charge on any atom is 0.0991 e. The summed E-state index contributed by atoms with van der Waals surface area (Å²) in [6, 6.07) is 9.67. The van der Waals surface area contributed by atoms with Gasteiger partial charge >= 0.3 is 0 Å². The molecule has 2 aromatic rings. The Morgan fingerprint density at radius 3 is 2.50 bits per heavy atom. The van der Waals surface area contributed by atoms with Gasteiger partial charge in [-0.3, -0.25) is 4.90 Å². The first kappa shape index (κ1) is 17.5. The van der Waals surface area contributed by atoms with Crippen LogP contribution < -0.4 is 5.32 Å². The van der Waals surface area contributed by atoms with Gasteiger partial charge in [0.25, 0.3) is 0 Å². The zero-order chi connectivity index (χ0) is 15.5. The lowest BCUT2D eigenvalue weighted by atomic mass is 9.88. The second-order valence-electron chi connectivity index (χ2n) is 6.95. The molecule has 2 aliphatic heterocycles. The van der Waals surface area contributed by atoms with Crippen LogP contribution in [0.15, 0.2) is 43.0 Å². The van der Waals surface area contributed by atoms with E-state index in [1.54, 1.807) is 0 Å². The van der Waals surface area contributed by atoms with Gasteiger partial charge in [0.05, 0.1) is 6.33 Å². The summed E-state index contributed by atoms with van der Waals surface area (Å²) in [4.78, 5) is 6.71. The number of halogens is 1. The molecule has 1 aromatic carbocycles. The number of imidazole rings is 1. The SMILES string of the molecule is Cl.c1cn(-c2ccc(CN3CCC(C4CCCN4)CC3)cc2)cn1. The van der Waals surface area contributed by atoms with Crippen LogP contribution in [0, 0.1) is 5.92 Å². The molecule has 0 aliphatic carbocycles. The number of aromatic nitrogens is 2. The molecule has 0 radical (unpaired) electrons. The van der Waals surface area contributed by atoms with Gasteiger partial charge in [0.15, 0.2) is 0 Å². The van der Waals surface area contributed by atoms with E-state index in [9.17, 15) is 0 Å². The van der Waals surface area contributed by atoms with Gasteiger partial charge in [0.2, 0.25) is 0 Å². The minimum absolute atomic E-state index is 0. The van der Waals surface area contributed by atoms with E-state index in [2.05, 4.69) is 39.5 Å². The summed E-state index contributed by atoms with van der Waals surface area (Å²) in [5, 5.41) is 3.68. The van der Waals surface area contributed by atoms with Crippen LogP contribution in [0.5, 0.6) is 0 Å². The Bertz CT molecular complexity index is 597. The van der Waals surface area contributed by atoms with Crippen molar-refractivity contribution < 1.29 is 0 Å². The third-order valence-electron chi connectivity index (χ3n) is 5.44. The maximum atomic E-state index is 4.10. The Kier molecular flexibility index (Phi) is 5.93. The number of hydrogen-bond donors (Lipinski definition) is 1. The Morgan fingerprint density at radius 2 is 1.88 bits per heavy atom. The fraction of sp³-hybridized carbons (Fsp3) is 0.526. The Hall–Kier alpha value is -1.36. The molecule has 2 aliphatic rings. The largest absolute Gasteiger partial charge is 0.314 e. The lowest BCUT2D eigenvalue weighted by molar-refractivity contribution is 0.157. The van der Waals surface area contributed by atoms with Crippen molar-refractivity contribution in [2.75, 3.05) is 19.6 Å². The van der Waals surface area contributed by atoms with Crippen LogP contribution in [0.2, 0.25) is 0 Å². The predicted molar refractivity (Wildman–Crippen MR) is 99.8 cm³/mol. The topological polar surface area (TPSA) is 33.1 Å². The van der Waals surface area contributed by atoms with Crippen molar-refractivity contribution in [1.82, 2.24) is 19.8 Å².